The van der Waals surface area contributed by atoms with E-state index < -0.39 is 21.4 Å². The Labute approximate surface area is 124 Å². The minimum atomic E-state index is -3.90. The lowest BCUT2D eigenvalue weighted by Crippen LogP contribution is -2.44. The molecule has 0 aliphatic heterocycles. The van der Waals surface area contributed by atoms with Crippen LogP contribution in [0.15, 0.2) is 17.0 Å². The molecule has 0 saturated heterocycles. The Kier molecular flexibility index (Phi) is 4.55. The third-order valence-corrected chi connectivity index (χ3v) is 5.51. The number of halogens is 1. The van der Waals surface area contributed by atoms with Crippen molar-refractivity contribution in [1.82, 2.24) is 4.72 Å². The summed E-state index contributed by atoms with van der Waals surface area (Å²) < 4.78 is 40.6. The first-order chi connectivity index (χ1) is 9.73. The van der Waals surface area contributed by atoms with Crippen LogP contribution in [0.4, 0.5) is 10.1 Å². The normalized spacial score (nSPS) is 18.6. The monoisotopic (exact) mass is 316 g/mol. The molecule has 118 valence electrons. The van der Waals surface area contributed by atoms with Crippen LogP contribution in [0.1, 0.15) is 37.7 Å². The lowest BCUT2D eigenvalue weighted by atomic mass is 9.85. The number of aliphatic hydroxyl groups is 1. The zero-order valence-electron chi connectivity index (χ0n) is 12.0. The van der Waals surface area contributed by atoms with E-state index in [-0.39, 0.29) is 22.7 Å². The number of rotatable bonds is 4. The average molecular weight is 316 g/mol. The summed E-state index contributed by atoms with van der Waals surface area (Å²) in [5.74, 6) is -0.660. The van der Waals surface area contributed by atoms with Gasteiger partial charge in [0.15, 0.2) is 0 Å². The van der Waals surface area contributed by atoms with Crippen LogP contribution in [-0.4, -0.2) is 25.7 Å². The molecular weight excluding hydrogens is 295 g/mol. The maximum Gasteiger partial charge on any atom is 0.241 e. The minimum Gasteiger partial charge on any atom is -0.399 e. The van der Waals surface area contributed by atoms with E-state index in [1.54, 1.807) is 0 Å². The van der Waals surface area contributed by atoms with Crippen molar-refractivity contribution < 1.29 is 17.9 Å². The quantitative estimate of drug-likeness (QED) is 0.737. The summed E-state index contributed by atoms with van der Waals surface area (Å²) in [5, 5.41) is 10.3. The van der Waals surface area contributed by atoms with Gasteiger partial charge in [0.05, 0.1) is 10.5 Å². The molecule has 4 N–H and O–H groups in total. The maximum atomic E-state index is 13.6. The Balaban J connectivity index is 2.19. The van der Waals surface area contributed by atoms with Gasteiger partial charge in [0, 0.05) is 17.8 Å². The van der Waals surface area contributed by atoms with Crippen molar-refractivity contribution in [2.45, 2.75) is 49.5 Å². The highest BCUT2D eigenvalue weighted by molar-refractivity contribution is 7.89. The molecule has 0 aromatic heterocycles. The number of nitrogen functional groups attached to an aromatic ring is 1. The lowest BCUT2D eigenvalue weighted by molar-refractivity contribution is 0.00945. The van der Waals surface area contributed by atoms with E-state index in [1.807, 2.05) is 0 Å². The second kappa shape index (κ2) is 5.90. The maximum absolute atomic E-state index is 13.6. The van der Waals surface area contributed by atoms with Crippen molar-refractivity contribution in [2.24, 2.45) is 0 Å². The number of benzene rings is 1. The van der Waals surface area contributed by atoms with Gasteiger partial charge in [-0.25, -0.2) is 17.5 Å². The van der Waals surface area contributed by atoms with E-state index in [0.717, 1.165) is 25.3 Å². The first-order valence-corrected chi connectivity index (χ1v) is 8.49. The highest BCUT2D eigenvalue weighted by atomic mass is 32.2. The van der Waals surface area contributed by atoms with E-state index >= 15 is 0 Å². The summed E-state index contributed by atoms with van der Waals surface area (Å²) in [6.07, 6.45) is 3.95. The molecule has 0 amide bonds. The molecular formula is C14H21FN2O3S. The molecule has 0 atom stereocenters. The number of sulfonamides is 1. The van der Waals surface area contributed by atoms with Crippen LogP contribution >= 0.6 is 0 Å². The molecule has 2 rings (SSSR count). The van der Waals surface area contributed by atoms with Crippen molar-refractivity contribution >= 4 is 15.7 Å². The van der Waals surface area contributed by atoms with Gasteiger partial charge in [0.25, 0.3) is 0 Å². The summed E-state index contributed by atoms with van der Waals surface area (Å²) in [6, 6.07) is 2.31. The molecule has 1 fully saturated rings. The van der Waals surface area contributed by atoms with E-state index in [4.69, 9.17) is 5.73 Å². The van der Waals surface area contributed by atoms with Crippen molar-refractivity contribution in [3.63, 3.8) is 0 Å². The largest absolute Gasteiger partial charge is 0.399 e. The molecule has 1 aliphatic carbocycles. The zero-order chi connectivity index (χ0) is 15.7. The topological polar surface area (TPSA) is 92.4 Å². The molecule has 21 heavy (non-hydrogen) atoms. The first kappa shape index (κ1) is 16.2. The molecule has 0 radical (unpaired) electrons. The summed E-state index contributed by atoms with van der Waals surface area (Å²) in [5.41, 5.74) is 4.56. The Hall–Kier alpha value is -1.18. The molecule has 1 saturated carbocycles. The van der Waals surface area contributed by atoms with E-state index in [0.29, 0.717) is 12.8 Å². The van der Waals surface area contributed by atoms with E-state index in [9.17, 15) is 17.9 Å². The fourth-order valence-electron chi connectivity index (χ4n) is 2.65. The highest BCUT2D eigenvalue weighted by Crippen LogP contribution is 2.28. The lowest BCUT2D eigenvalue weighted by Gasteiger charge is -2.32. The predicted octanol–water partition coefficient (Wildman–Crippen LogP) is 1.69. The molecule has 7 heteroatoms. The fraction of sp³-hybridized carbons (Fsp3) is 0.571. The Morgan fingerprint density at radius 3 is 2.57 bits per heavy atom. The van der Waals surface area contributed by atoms with Gasteiger partial charge in [-0.05, 0) is 31.9 Å². The molecule has 0 heterocycles. The number of hydrogen-bond donors (Lipinski definition) is 3. The van der Waals surface area contributed by atoms with Crippen molar-refractivity contribution in [3.8, 4) is 0 Å². The van der Waals surface area contributed by atoms with E-state index in [1.165, 1.54) is 13.0 Å². The number of nitrogens with one attached hydrogen (secondary N) is 1. The van der Waals surface area contributed by atoms with Crippen molar-refractivity contribution in [3.05, 3.63) is 23.5 Å². The van der Waals surface area contributed by atoms with Crippen LogP contribution in [0.5, 0.6) is 0 Å². The number of nitrogens with two attached hydrogens (primary N) is 1. The Bertz CT molecular complexity index is 625. The van der Waals surface area contributed by atoms with Crippen LogP contribution < -0.4 is 10.5 Å². The van der Waals surface area contributed by atoms with Crippen LogP contribution in [0.3, 0.4) is 0 Å². The van der Waals surface area contributed by atoms with Gasteiger partial charge >= 0.3 is 0 Å². The second-order valence-corrected chi connectivity index (χ2v) is 7.47. The van der Waals surface area contributed by atoms with Gasteiger partial charge < -0.3 is 10.8 Å². The van der Waals surface area contributed by atoms with Crippen LogP contribution in [0.2, 0.25) is 0 Å². The third-order valence-electron chi connectivity index (χ3n) is 3.98. The third kappa shape index (κ3) is 3.72. The minimum absolute atomic E-state index is 0.0207. The standard InChI is InChI=1S/C14H21FN2O3S/c1-10-12(15)7-11(16)8-13(10)21(19,20)17-9-14(18)5-3-2-4-6-14/h7-8,17-18H,2-6,9,16H2,1H3. The fourth-order valence-corrected chi connectivity index (χ4v) is 4.05. The summed E-state index contributed by atoms with van der Waals surface area (Å²) in [6.45, 7) is 1.32. The Morgan fingerprint density at radius 1 is 1.33 bits per heavy atom. The molecule has 1 aromatic rings. The SMILES string of the molecule is Cc1c(F)cc(N)cc1S(=O)(=O)NCC1(O)CCCCC1. The molecule has 1 aromatic carbocycles. The van der Waals surface area contributed by atoms with Gasteiger partial charge in [-0.1, -0.05) is 19.3 Å². The van der Waals surface area contributed by atoms with Gasteiger partial charge in [-0.3, -0.25) is 0 Å². The molecule has 0 unspecified atom stereocenters. The first-order valence-electron chi connectivity index (χ1n) is 7.01. The van der Waals surface area contributed by atoms with Crippen LogP contribution in [-0.2, 0) is 10.0 Å². The Morgan fingerprint density at radius 2 is 1.95 bits per heavy atom. The van der Waals surface area contributed by atoms with Crippen molar-refractivity contribution in [2.75, 3.05) is 12.3 Å². The summed E-state index contributed by atoms with van der Waals surface area (Å²) in [4.78, 5) is -0.181. The molecule has 5 nitrogen and oxygen atoms in total. The van der Waals surface area contributed by atoms with Crippen molar-refractivity contribution in [1.29, 1.82) is 0 Å². The second-order valence-electron chi connectivity index (χ2n) is 5.74. The highest BCUT2D eigenvalue weighted by Gasteiger charge is 2.31. The van der Waals surface area contributed by atoms with Gasteiger partial charge in [0.2, 0.25) is 10.0 Å². The zero-order valence-corrected chi connectivity index (χ0v) is 12.8. The summed E-state index contributed by atoms with van der Waals surface area (Å²) >= 11 is 0. The molecule has 0 spiro atoms. The van der Waals surface area contributed by atoms with Gasteiger partial charge in [-0.15, -0.1) is 0 Å². The van der Waals surface area contributed by atoms with Gasteiger partial charge in [-0.2, -0.15) is 0 Å². The predicted molar refractivity (Wildman–Crippen MR) is 78.8 cm³/mol. The van der Waals surface area contributed by atoms with Crippen LogP contribution in [0.25, 0.3) is 0 Å². The molecule has 1 aliphatic rings. The number of hydrogen-bond acceptors (Lipinski definition) is 4. The van der Waals surface area contributed by atoms with Crippen LogP contribution in [0, 0.1) is 12.7 Å². The summed E-state index contributed by atoms with van der Waals surface area (Å²) in [7, 11) is -3.90. The smallest absolute Gasteiger partial charge is 0.241 e. The molecule has 0 bridgehead atoms. The number of anilines is 1. The van der Waals surface area contributed by atoms with E-state index in [2.05, 4.69) is 4.72 Å². The average Bonchev–Trinajstić information content (AvgIpc) is 2.42. The van der Waals surface area contributed by atoms with Gasteiger partial charge in [0.1, 0.15) is 5.82 Å².